The van der Waals surface area contributed by atoms with Crippen LogP contribution in [0.2, 0.25) is 0 Å². The monoisotopic (exact) mass is 283 g/mol. The number of aryl methyl sites for hydroxylation is 2. The van der Waals surface area contributed by atoms with Crippen LogP contribution in [0.3, 0.4) is 0 Å². The van der Waals surface area contributed by atoms with Gasteiger partial charge in [0.15, 0.2) is 5.69 Å². The molecule has 0 unspecified atom stereocenters. The number of hydrogen-bond donors (Lipinski definition) is 2. The second-order valence-electron chi connectivity index (χ2n) is 4.96. The van der Waals surface area contributed by atoms with Crippen molar-refractivity contribution in [1.29, 1.82) is 0 Å². The summed E-state index contributed by atoms with van der Waals surface area (Å²) in [6.07, 6.45) is 0. The van der Waals surface area contributed by atoms with E-state index in [0.717, 1.165) is 17.0 Å². The Balaban J connectivity index is 2.12. The Morgan fingerprint density at radius 2 is 2.05 bits per heavy atom. The van der Waals surface area contributed by atoms with Crippen molar-refractivity contribution in [1.82, 2.24) is 15.1 Å². The van der Waals surface area contributed by atoms with E-state index in [1.807, 2.05) is 38.1 Å². The minimum absolute atomic E-state index is 0.137. The van der Waals surface area contributed by atoms with Crippen LogP contribution in [-0.2, 0) is 6.54 Å². The standard InChI is InChI=1S/C15H17N5O/c1-3-20-14-13(9(2)19-20)18-12(8-17-15(14)21)10-4-6-11(16)7-5-10/h4-7H,3,8,16H2,1-2H3,(H,17,21). The van der Waals surface area contributed by atoms with Crippen molar-refractivity contribution >= 4 is 23.0 Å². The van der Waals surface area contributed by atoms with Gasteiger partial charge in [-0.1, -0.05) is 12.1 Å². The van der Waals surface area contributed by atoms with Crippen LogP contribution in [-0.4, -0.2) is 27.9 Å². The predicted octanol–water partition coefficient (Wildman–Crippen LogP) is 1.66. The number of carbonyl (C=O) groups is 1. The molecule has 0 radical (unpaired) electrons. The Labute approximate surface area is 122 Å². The van der Waals surface area contributed by atoms with Gasteiger partial charge in [-0.2, -0.15) is 5.10 Å². The lowest BCUT2D eigenvalue weighted by Gasteiger charge is -2.06. The van der Waals surface area contributed by atoms with Gasteiger partial charge in [-0.15, -0.1) is 0 Å². The average molecular weight is 283 g/mol. The van der Waals surface area contributed by atoms with Crippen molar-refractivity contribution in [3.63, 3.8) is 0 Å². The van der Waals surface area contributed by atoms with Gasteiger partial charge in [-0.25, -0.2) is 4.99 Å². The summed E-state index contributed by atoms with van der Waals surface area (Å²) in [6.45, 7) is 4.85. The zero-order chi connectivity index (χ0) is 15.0. The Morgan fingerprint density at radius 3 is 2.71 bits per heavy atom. The molecule has 1 amide bonds. The summed E-state index contributed by atoms with van der Waals surface area (Å²) in [5.74, 6) is -0.137. The number of anilines is 1. The van der Waals surface area contributed by atoms with E-state index in [-0.39, 0.29) is 5.91 Å². The topological polar surface area (TPSA) is 85.3 Å². The molecule has 0 saturated heterocycles. The van der Waals surface area contributed by atoms with Crippen molar-refractivity contribution in [2.75, 3.05) is 12.3 Å². The van der Waals surface area contributed by atoms with Crippen molar-refractivity contribution in [3.8, 4) is 0 Å². The first-order valence-corrected chi connectivity index (χ1v) is 6.89. The molecule has 1 aromatic heterocycles. The lowest BCUT2D eigenvalue weighted by atomic mass is 10.1. The van der Waals surface area contributed by atoms with Gasteiger partial charge in [0.2, 0.25) is 0 Å². The molecule has 108 valence electrons. The third kappa shape index (κ3) is 2.29. The van der Waals surface area contributed by atoms with Gasteiger partial charge in [0.25, 0.3) is 5.91 Å². The van der Waals surface area contributed by atoms with E-state index < -0.39 is 0 Å². The van der Waals surface area contributed by atoms with E-state index in [0.29, 0.717) is 30.2 Å². The molecule has 1 aliphatic heterocycles. The molecule has 6 heteroatoms. The maximum absolute atomic E-state index is 12.3. The van der Waals surface area contributed by atoms with Crippen molar-refractivity contribution < 1.29 is 4.79 Å². The summed E-state index contributed by atoms with van der Waals surface area (Å²) in [5, 5.41) is 7.26. The van der Waals surface area contributed by atoms with E-state index in [1.54, 1.807) is 4.68 Å². The quantitative estimate of drug-likeness (QED) is 0.822. The average Bonchev–Trinajstić information content (AvgIpc) is 2.69. The molecule has 2 aromatic rings. The highest BCUT2D eigenvalue weighted by Crippen LogP contribution is 2.26. The van der Waals surface area contributed by atoms with E-state index in [9.17, 15) is 4.79 Å². The number of aliphatic imine (C=N–C) groups is 1. The second-order valence-corrected chi connectivity index (χ2v) is 4.96. The molecule has 1 aliphatic rings. The third-order valence-corrected chi connectivity index (χ3v) is 3.52. The van der Waals surface area contributed by atoms with Crippen LogP contribution in [0.15, 0.2) is 29.3 Å². The molecular formula is C15H17N5O. The highest BCUT2D eigenvalue weighted by Gasteiger charge is 2.24. The van der Waals surface area contributed by atoms with Gasteiger partial charge in [-0.3, -0.25) is 9.48 Å². The summed E-state index contributed by atoms with van der Waals surface area (Å²) in [4.78, 5) is 16.9. The first-order valence-electron chi connectivity index (χ1n) is 6.89. The summed E-state index contributed by atoms with van der Waals surface area (Å²) < 4.78 is 1.69. The smallest absolute Gasteiger partial charge is 0.272 e. The highest BCUT2D eigenvalue weighted by molar-refractivity contribution is 6.10. The largest absolute Gasteiger partial charge is 0.399 e. The highest BCUT2D eigenvalue weighted by atomic mass is 16.2. The van der Waals surface area contributed by atoms with Gasteiger partial charge in [0, 0.05) is 12.2 Å². The van der Waals surface area contributed by atoms with E-state index in [4.69, 9.17) is 5.73 Å². The SMILES string of the molecule is CCn1nc(C)c2c1C(=O)NCC(c1ccc(N)cc1)=N2. The van der Waals surface area contributed by atoms with Crippen LogP contribution < -0.4 is 11.1 Å². The number of nitrogens with zero attached hydrogens (tertiary/aromatic N) is 3. The maximum Gasteiger partial charge on any atom is 0.272 e. The van der Waals surface area contributed by atoms with Crippen LogP contribution in [0.5, 0.6) is 0 Å². The number of amides is 1. The molecule has 0 bridgehead atoms. The lowest BCUT2D eigenvalue weighted by molar-refractivity contribution is 0.0950. The van der Waals surface area contributed by atoms with Crippen LogP contribution in [0.1, 0.15) is 28.7 Å². The molecule has 3 N–H and O–H groups in total. The molecule has 0 aliphatic carbocycles. The van der Waals surface area contributed by atoms with Crippen LogP contribution in [0.4, 0.5) is 11.4 Å². The molecule has 0 spiro atoms. The minimum atomic E-state index is -0.137. The van der Waals surface area contributed by atoms with Crippen LogP contribution >= 0.6 is 0 Å². The molecule has 3 rings (SSSR count). The molecule has 0 saturated carbocycles. The molecule has 0 fully saturated rings. The number of aromatic nitrogens is 2. The number of nitrogens with one attached hydrogen (secondary N) is 1. The Kier molecular flexibility index (Phi) is 3.21. The summed E-state index contributed by atoms with van der Waals surface area (Å²) in [6, 6.07) is 7.47. The van der Waals surface area contributed by atoms with Crippen LogP contribution in [0.25, 0.3) is 0 Å². The first kappa shape index (κ1) is 13.4. The fourth-order valence-electron chi connectivity index (χ4n) is 2.42. The number of fused-ring (bicyclic) bond motifs is 1. The zero-order valence-electron chi connectivity index (χ0n) is 12.1. The molecule has 0 atom stereocenters. The number of hydrogen-bond acceptors (Lipinski definition) is 4. The fraction of sp³-hybridized carbons (Fsp3) is 0.267. The summed E-state index contributed by atoms with van der Waals surface area (Å²) in [5.41, 5.74) is 10.1. The Morgan fingerprint density at radius 1 is 1.33 bits per heavy atom. The van der Waals surface area contributed by atoms with Gasteiger partial charge >= 0.3 is 0 Å². The molecular weight excluding hydrogens is 266 g/mol. The number of benzene rings is 1. The zero-order valence-corrected chi connectivity index (χ0v) is 12.1. The minimum Gasteiger partial charge on any atom is -0.399 e. The number of rotatable bonds is 2. The normalized spacial score (nSPS) is 14.2. The Hall–Kier alpha value is -2.63. The predicted molar refractivity (Wildman–Crippen MR) is 82.0 cm³/mol. The number of nitrogen functional groups attached to an aromatic ring is 1. The number of nitrogens with two attached hydrogens (primary N) is 1. The molecule has 21 heavy (non-hydrogen) atoms. The number of carbonyl (C=O) groups excluding carboxylic acids is 1. The van der Waals surface area contributed by atoms with Crippen molar-refractivity contribution in [3.05, 3.63) is 41.2 Å². The van der Waals surface area contributed by atoms with E-state index in [1.165, 1.54) is 0 Å². The Bertz CT molecular complexity index is 727. The van der Waals surface area contributed by atoms with Gasteiger partial charge in [-0.05, 0) is 31.5 Å². The van der Waals surface area contributed by atoms with Gasteiger partial charge in [0.05, 0.1) is 18.0 Å². The van der Waals surface area contributed by atoms with E-state index >= 15 is 0 Å². The lowest BCUT2D eigenvalue weighted by Crippen LogP contribution is -2.29. The first-order chi connectivity index (χ1) is 10.1. The molecule has 6 nitrogen and oxygen atoms in total. The maximum atomic E-state index is 12.3. The van der Waals surface area contributed by atoms with E-state index in [2.05, 4.69) is 15.4 Å². The molecule has 2 heterocycles. The molecule has 1 aromatic carbocycles. The third-order valence-electron chi connectivity index (χ3n) is 3.52. The van der Waals surface area contributed by atoms with Crippen molar-refractivity contribution in [2.45, 2.75) is 20.4 Å². The second kappa shape index (κ2) is 5.05. The van der Waals surface area contributed by atoms with Gasteiger partial charge in [0.1, 0.15) is 5.69 Å². The summed E-state index contributed by atoms with van der Waals surface area (Å²) in [7, 11) is 0. The summed E-state index contributed by atoms with van der Waals surface area (Å²) >= 11 is 0. The van der Waals surface area contributed by atoms with Gasteiger partial charge < -0.3 is 11.1 Å². The van der Waals surface area contributed by atoms with Crippen LogP contribution in [0, 0.1) is 6.92 Å². The van der Waals surface area contributed by atoms with Crippen molar-refractivity contribution in [2.24, 2.45) is 4.99 Å². The fourth-order valence-corrected chi connectivity index (χ4v) is 2.42.